The SMILES string of the molecule is CC1CC=C(CNCc2ccc(Oc3ccc(C(N)=O)cn3)c3ccccc23)N1C. The van der Waals surface area contributed by atoms with Gasteiger partial charge in [0.05, 0.1) is 5.56 Å². The summed E-state index contributed by atoms with van der Waals surface area (Å²) >= 11 is 0. The van der Waals surface area contributed by atoms with Gasteiger partial charge in [0.25, 0.3) is 0 Å². The van der Waals surface area contributed by atoms with Gasteiger partial charge >= 0.3 is 0 Å². The second-order valence-corrected chi connectivity index (χ2v) is 7.61. The number of hydrogen-bond acceptors (Lipinski definition) is 5. The first-order valence-electron chi connectivity index (χ1n) is 10.1. The minimum absolute atomic E-state index is 0.353. The standard InChI is InChI=1S/C24H26N4O2/c1-16-7-10-19(28(16)2)15-26-13-17-8-11-22(21-6-4-3-5-20(17)21)30-23-12-9-18(14-27-23)24(25)29/h3-6,8-12,14,16,26H,7,13,15H2,1-2H3,(H2,25,29). The molecule has 6 heteroatoms. The lowest BCUT2D eigenvalue weighted by Crippen LogP contribution is -2.28. The number of nitrogens with zero attached hydrogens (tertiary/aromatic N) is 2. The molecule has 30 heavy (non-hydrogen) atoms. The second kappa shape index (κ2) is 8.55. The monoisotopic (exact) mass is 402 g/mol. The molecule has 2 aromatic carbocycles. The fourth-order valence-corrected chi connectivity index (χ4v) is 3.69. The van der Waals surface area contributed by atoms with Crippen molar-refractivity contribution >= 4 is 16.7 Å². The van der Waals surface area contributed by atoms with Crippen molar-refractivity contribution in [3.8, 4) is 11.6 Å². The summed E-state index contributed by atoms with van der Waals surface area (Å²) in [5, 5.41) is 5.72. The summed E-state index contributed by atoms with van der Waals surface area (Å²) < 4.78 is 5.99. The predicted molar refractivity (Wildman–Crippen MR) is 118 cm³/mol. The zero-order valence-corrected chi connectivity index (χ0v) is 17.3. The molecule has 0 aliphatic carbocycles. The van der Waals surface area contributed by atoms with Crippen LogP contribution in [-0.4, -0.2) is 35.4 Å². The van der Waals surface area contributed by atoms with Crippen LogP contribution in [0.25, 0.3) is 10.8 Å². The molecule has 1 aliphatic rings. The van der Waals surface area contributed by atoms with E-state index in [0.29, 0.717) is 17.5 Å². The maximum absolute atomic E-state index is 11.2. The van der Waals surface area contributed by atoms with E-state index in [-0.39, 0.29) is 0 Å². The van der Waals surface area contributed by atoms with Crippen molar-refractivity contribution in [1.82, 2.24) is 15.2 Å². The van der Waals surface area contributed by atoms with Gasteiger partial charge in [0.15, 0.2) is 0 Å². The molecule has 4 rings (SSSR count). The molecular weight excluding hydrogens is 376 g/mol. The molecule has 3 aromatic rings. The average Bonchev–Trinajstić information content (AvgIpc) is 3.08. The highest BCUT2D eigenvalue weighted by atomic mass is 16.5. The lowest BCUT2D eigenvalue weighted by molar-refractivity contribution is 0.1000. The van der Waals surface area contributed by atoms with Crippen LogP contribution in [0.1, 0.15) is 29.3 Å². The minimum atomic E-state index is -0.509. The third-order valence-electron chi connectivity index (χ3n) is 5.64. The fourth-order valence-electron chi connectivity index (χ4n) is 3.69. The number of rotatable bonds is 7. The summed E-state index contributed by atoms with van der Waals surface area (Å²) in [6, 6.07) is 16.1. The first-order valence-corrected chi connectivity index (χ1v) is 10.1. The van der Waals surface area contributed by atoms with Gasteiger partial charge in [0, 0.05) is 49.5 Å². The largest absolute Gasteiger partial charge is 0.438 e. The van der Waals surface area contributed by atoms with E-state index in [1.54, 1.807) is 12.1 Å². The van der Waals surface area contributed by atoms with Crippen molar-refractivity contribution in [3.05, 3.63) is 77.6 Å². The summed E-state index contributed by atoms with van der Waals surface area (Å²) in [6.07, 6.45) is 4.84. The Morgan fingerprint density at radius 3 is 2.63 bits per heavy atom. The van der Waals surface area contributed by atoms with Gasteiger partial charge in [0.2, 0.25) is 11.8 Å². The van der Waals surface area contributed by atoms with E-state index in [1.165, 1.54) is 17.5 Å². The van der Waals surface area contributed by atoms with Crippen LogP contribution in [-0.2, 0) is 6.54 Å². The molecular formula is C24H26N4O2. The fraction of sp³-hybridized carbons (Fsp3) is 0.250. The van der Waals surface area contributed by atoms with Crippen molar-refractivity contribution < 1.29 is 9.53 Å². The average molecular weight is 402 g/mol. The van der Waals surface area contributed by atoms with Gasteiger partial charge in [-0.25, -0.2) is 4.98 Å². The molecule has 3 N–H and O–H groups in total. The zero-order chi connectivity index (χ0) is 21.1. The number of pyridine rings is 1. The van der Waals surface area contributed by atoms with Crippen LogP contribution in [0.4, 0.5) is 0 Å². The molecule has 0 spiro atoms. The Morgan fingerprint density at radius 1 is 1.17 bits per heavy atom. The summed E-state index contributed by atoms with van der Waals surface area (Å²) in [5.74, 6) is 0.632. The van der Waals surface area contributed by atoms with Gasteiger partial charge in [-0.1, -0.05) is 36.4 Å². The normalized spacial score (nSPS) is 16.0. The molecule has 1 atom stereocenters. The maximum atomic E-state index is 11.2. The topological polar surface area (TPSA) is 80.5 Å². The lowest BCUT2D eigenvalue weighted by atomic mass is 10.0. The quantitative estimate of drug-likeness (QED) is 0.628. The second-order valence-electron chi connectivity index (χ2n) is 7.61. The number of nitrogens with one attached hydrogen (secondary N) is 1. The van der Waals surface area contributed by atoms with E-state index in [2.05, 4.69) is 47.4 Å². The van der Waals surface area contributed by atoms with Crippen molar-refractivity contribution in [2.75, 3.05) is 13.6 Å². The molecule has 1 unspecified atom stereocenters. The van der Waals surface area contributed by atoms with Gasteiger partial charge in [-0.2, -0.15) is 0 Å². The Kier molecular flexibility index (Phi) is 5.68. The maximum Gasteiger partial charge on any atom is 0.250 e. The molecule has 0 radical (unpaired) electrons. The highest BCUT2D eigenvalue weighted by Gasteiger charge is 2.17. The first-order chi connectivity index (χ1) is 14.5. The summed E-state index contributed by atoms with van der Waals surface area (Å²) in [5.41, 5.74) is 8.18. The zero-order valence-electron chi connectivity index (χ0n) is 17.3. The van der Waals surface area contributed by atoms with Crippen molar-refractivity contribution in [1.29, 1.82) is 0 Å². The molecule has 0 saturated heterocycles. The molecule has 0 fully saturated rings. The first kappa shape index (κ1) is 19.9. The summed E-state index contributed by atoms with van der Waals surface area (Å²) in [4.78, 5) is 17.7. The van der Waals surface area contributed by atoms with Gasteiger partial charge in [-0.3, -0.25) is 4.79 Å². The number of primary amides is 1. The predicted octanol–water partition coefficient (Wildman–Crippen LogP) is 3.82. The van der Waals surface area contributed by atoms with Crippen molar-refractivity contribution in [2.45, 2.75) is 25.9 Å². The third kappa shape index (κ3) is 4.14. The number of amides is 1. The molecule has 6 nitrogen and oxygen atoms in total. The van der Waals surface area contributed by atoms with Crippen molar-refractivity contribution in [3.63, 3.8) is 0 Å². The molecule has 154 valence electrons. The van der Waals surface area contributed by atoms with Crippen LogP contribution >= 0.6 is 0 Å². The van der Waals surface area contributed by atoms with Crippen LogP contribution in [0.15, 0.2) is 66.5 Å². The smallest absolute Gasteiger partial charge is 0.250 e. The van der Waals surface area contributed by atoms with E-state index in [1.807, 2.05) is 24.3 Å². The molecule has 0 bridgehead atoms. The molecule has 2 heterocycles. The molecule has 1 aromatic heterocycles. The number of carbonyl (C=O) groups excluding carboxylic acids is 1. The highest BCUT2D eigenvalue weighted by Crippen LogP contribution is 2.31. The van der Waals surface area contributed by atoms with Gasteiger partial charge in [-0.05, 0) is 36.4 Å². The van der Waals surface area contributed by atoms with E-state index < -0.39 is 5.91 Å². The number of likely N-dealkylation sites (N-methyl/N-ethyl adjacent to an activating group) is 1. The van der Waals surface area contributed by atoms with E-state index in [4.69, 9.17) is 10.5 Å². The number of nitrogens with two attached hydrogens (primary N) is 1. The molecule has 0 saturated carbocycles. The number of benzene rings is 2. The van der Waals surface area contributed by atoms with E-state index in [9.17, 15) is 4.79 Å². The lowest BCUT2D eigenvalue weighted by Gasteiger charge is -2.22. The Balaban J connectivity index is 1.50. The Hall–Kier alpha value is -3.38. The third-order valence-corrected chi connectivity index (χ3v) is 5.64. The van der Waals surface area contributed by atoms with Crippen LogP contribution in [0.5, 0.6) is 11.6 Å². The van der Waals surface area contributed by atoms with Gasteiger partial charge in [-0.15, -0.1) is 0 Å². The Labute approximate surface area is 176 Å². The molecule has 1 aliphatic heterocycles. The van der Waals surface area contributed by atoms with Crippen LogP contribution in [0, 0.1) is 0 Å². The number of ether oxygens (including phenoxy) is 1. The van der Waals surface area contributed by atoms with Gasteiger partial charge in [0.1, 0.15) is 5.75 Å². The van der Waals surface area contributed by atoms with E-state index in [0.717, 1.165) is 36.0 Å². The molecule has 1 amide bonds. The van der Waals surface area contributed by atoms with Crippen LogP contribution in [0.3, 0.4) is 0 Å². The highest BCUT2D eigenvalue weighted by molar-refractivity contribution is 5.92. The van der Waals surface area contributed by atoms with Gasteiger partial charge < -0.3 is 20.7 Å². The van der Waals surface area contributed by atoms with Crippen LogP contribution in [0.2, 0.25) is 0 Å². The Bertz CT molecular complexity index is 1090. The Morgan fingerprint density at radius 2 is 1.97 bits per heavy atom. The minimum Gasteiger partial charge on any atom is -0.438 e. The number of carbonyl (C=O) groups is 1. The number of aromatic nitrogens is 1. The number of hydrogen-bond donors (Lipinski definition) is 2. The number of fused-ring (bicyclic) bond motifs is 1. The van der Waals surface area contributed by atoms with Crippen LogP contribution < -0.4 is 15.8 Å². The van der Waals surface area contributed by atoms with Crippen molar-refractivity contribution in [2.24, 2.45) is 5.73 Å². The summed E-state index contributed by atoms with van der Waals surface area (Å²) in [7, 11) is 2.15. The summed E-state index contributed by atoms with van der Waals surface area (Å²) in [6.45, 7) is 3.86. The van der Waals surface area contributed by atoms with E-state index >= 15 is 0 Å².